The van der Waals surface area contributed by atoms with E-state index in [0.29, 0.717) is 13.1 Å². The van der Waals surface area contributed by atoms with Crippen molar-refractivity contribution in [1.29, 1.82) is 0 Å². The van der Waals surface area contributed by atoms with Crippen LogP contribution in [0.4, 0.5) is 0 Å². The zero-order valence-corrected chi connectivity index (χ0v) is 18.1. The summed E-state index contributed by atoms with van der Waals surface area (Å²) in [6.45, 7) is 1.15. The van der Waals surface area contributed by atoms with Crippen LogP contribution in [0.1, 0.15) is 21.9 Å². The molecule has 4 aromatic rings. The Hall–Kier alpha value is -3.30. The molecule has 0 aliphatic carbocycles. The molecule has 0 saturated carbocycles. The van der Waals surface area contributed by atoms with E-state index in [9.17, 15) is 4.79 Å². The molecule has 4 rings (SSSR count). The van der Waals surface area contributed by atoms with E-state index in [0.717, 1.165) is 21.6 Å². The number of carbonyl (C=O) groups is 1. The Morgan fingerprint density at radius 3 is 1.52 bits per heavy atom. The molecule has 0 spiro atoms. The summed E-state index contributed by atoms with van der Waals surface area (Å²) < 4.78 is 0. The predicted molar refractivity (Wildman–Crippen MR) is 129 cm³/mol. The number of amides is 1. The van der Waals surface area contributed by atoms with Gasteiger partial charge in [0.1, 0.15) is 5.25 Å². The van der Waals surface area contributed by atoms with E-state index in [-0.39, 0.29) is 11.2 Å². The van der Waals surface area contributed by atoms with Crippen molar-refractivity contribution >= 4 is 17.7 Å². The third-order valence-corrected chi connectivity index (χ3v) is 6.32. The lowest BCUT2D eigenvalue weighted by molar-refractivity contribution is -0.132. The van der Waals surface area contributed by atoms with Gasteiger partial charge in [0.25, 0.3) is 0 Å². The summed E-state index contributed by atoms with van der Waals surface area (Å²) in [6.07, 6.45) is 0. The molecule has 3 heteroatoms. The Kier molecular flexibility index (Phi) is 7.20. The normalized spacial score (nSPS) is 11.6. The summed E-state index contributed by atoms with van der Waals surface area (Å²) in [6, 6.07) is 40.6. The summed E-state index contributed by atoms with van der Waals surface area (Å²) in [5.74, 6) is 0.118. The average molecular weight is 424 g/mol. The Balaban J connectivity index is 1.66. The van der Waals surface area contributed by atoms with Gasteiger partial charge in [0.15, 0.2) is 0 Å². The fraction of sp³-hybridized carbons (Fsp3) is 0.107. The zero-order valence-electron chi connectivity index (χ0n) is 17.3. The van der Waals surface area contributed by atoms with Crippen molar-refractivity contribution in [1.82, 2.24) is 4.90 Å². The molecule has 2 nitrogen and oxygen atoms in total. The van der Waals surface area contributed by atoms with Gasteiger partial charge in [-0.15, -0.1) is 11.8 Å². The first-order valence-electron chi connectivity index (χ1n) is 10.4. The van der Waals surface area contributed by atoms with Crippen molar-refractivity contribution in [3.8, 4) is 0 Å². The van der Waals surface area contributed by atoms with Gasteiger partial charge in [0.05, 0.1) is 0 Å². The van der Waals surface area contributed by atoms with E-state index in [1.165, 1.54) is 0 Å². The van der Waals surface area contributed by atoms with E-state index in [1.54, 1.807) is 11.8 Å². The molecule has 0 aliphatic heterocycles. The predicted octanol–water partition coefficient (Wildman–Crippen LogP) is 6.75. The summed E-state index contributed by atoms with van der Waals surface area (Å²) in [5, 5.41) is -0.309. The molecule has 0 radical (unpaired) electrons. The van der Waals surface area contributed by atoms with Crippen LogP contribution in [0.25, 0.3) is 0 Å². The molecule has 0 aliphatic rings. The summed E-state index contributed by atoms with van der Waals surface area (Å²) >= 11 is 1.61. The number of hydrogen-bond acceptors (Lipinski definition) is 2. The number of nitrogens with zero attached hydrogens (tertiary/aromatic N) is 1. The molecule has 1 unspecified atom stereocenters. The van der Waals surface area contributed by atoms with E-state index in [1.807, 2.05) is 89.8 Å². The van der Waals surface area contributed by atoms with Crippen molar-refractivity contribution < 1.29 is 4.79 Å². The minimum Gasteiger partial charge on any atom is -0.333 e. The average Bonchev–Trinajstić information content (AvgIpc) is 2.84. The van der Waals surface area contributed by atoms with E-state index in [2.05, 4.69) is 36.4 Å². The molecule has 0 saturated heterocycles. The summed E-state index contributed by atoms with van der Waals surface area (Å²) in [4.78, 5) is 17.0. The van der Waals surface area contributed by atoms with Crippen LogP contribution in [0.15, 0.2) is 126 Å². The highest BCUT2D eigenvalue weighted by molar-refractivity contribution is 8.00. The third kappa shape index (κ3) is 5.87. The highest BCUT2D eigenvalue weighted by Crippen LogP contribution is 2.37. The van der Waals surface area contributed by atoms with E-state index in [4.69, 9.17) is 0 Å². The van der Waals surface area contributed by atoms with Gasteiger partial charge in [-0.3, -0.25) is 4.79 Å². The van der Waals surface area contributed by atoms with Gasteiger partial charge >= 0.3 is 0 Å². The van der Waals surface area contributed by atoms with Gasteiger partial charge in [-0.2, -0.15) is 0 Å². The molecule has 0 N–H and O–H groups in total. The Bertz CT molecular complexity index is 1030. The number of benzene rings is 4. The first-order valence-corrected chi connectivity index (χ1v) is 11.3. The fourth-order valence-corrected chi connectivity index (χ4v) is 4.64. The monoisotopic (exact) mass is 423 g/mol. The second kappa shape index (κ2) is 10.6. The Morgan fingerprint density at radius 1 is 0.613 bits per heavy atom. The van der Waals surface area contributed by atoms with E-state index < -0.39 is 0 Å². The van der Waals surface area contributed by atoms with Crippen LogP contribution in [-0.4, -0.2) is 10.8 Å². The maximum Gasteiger partial charge on any atom is 0.241 e. The summed E-state index contributed by atoms with van der Waals surface area (Å²) in [5.41, 5.74) is 3.28. The number of thioether (sulfide) groups is 1. The van der Waals surface area contributed by atoms with Crippen LogP contribution in [0, 0.1) is 0 Å². The van der Waals surface area contributed by atoms with Crippen molar-refractivity contribution in [2.45, 2.75) is 23.2 Å². The van der Waals surface area contributed by atoms with Gasteiger partial charge in [-0.25, -0.2) is 0 Å². The second-order valence-electron chi connectivity index (χ2n) is 7.39. The molecule has 1 atom stereocenters. The fourth-order valence-electron chi connectivity index (χ4n) is 3.51. The standard InChI is InChI=1S/C28H25NOS/c30-28(27(25-17-9-3-10-18-25)31-26-19-11-4-12-20-26)29(21-23-13-5-1-6-14-23)22-24-15-7-2-8-16-24/h1-20,27H,21-22H2. The molecule has 4 aromatic carbocycles. The van der Waals surface area contributed by atoms with Crippen LogP contribution in [-0.2, 0) is 17.9 Å². The number of hydrogen-bond donors (Lipinski definition) is 0. The van der Waals surface area contributed by atoms with Crippen molar-refractivity contribution in [3.63, 3.8) is 0 Å². The molecular formula is C28H25NOS. The Morgan fingerprint density at radius 2 is 1.03 bits per heavy atom. The maximum atomic E-state index is 14.0. The first-order chi connectivity index (χ1) is 15.3. The van der Waals surface area contributed by atoms with E-state index >= 15 is 0 Å². The Labute approximate surface area is 188 Å². The highest BCUT2D eigenvalue weighted by atomic mass is 32.2. The first kappa shape index (κ1) is 21.0. The lowest BCUT2D eigenvalue weighted by Gasteiger charge is -2.28. The van der Waals surface area contributed by atoms with Crippen molar-refractivity contribution in [2.24, 2.45) is 0 Å². The molecule has 0 bridgehead atoms. The number of rotatable bonds is 8. The zero-order chi connectivity index (χ0) is 21.3. The second-order valence-corrected chi connectivity index (χ2v) is 8.57. The minimum absolute atomic E-state index is 0.118. The van der Waals surface area contributed by atoms with Crippen LogP contribution in [0.3, 0.4) is 0 Å². The number of carbonyl (C=O) groups excluding carboxylic acids is 1. The third-order valence-electron chi connectivity index (χ3n) is 5.07. The quantitative estimate of drug-likeness (QED) is 0.292. The van der Waals surface area contributed by atoms with Crippen molar-refractivity contribution in [2.75, 3.05) is 0 Å². The smallest absolute Gasteiger partial charge is 0.241 e. The molecular weight excluding hydrogens is 398 g/mol. The maximum absolute atomic E-state index is 14.0. The minimum atomic E-state index is -0.309. The molecule has 0 heterocycles. The molecule has 0 fully saturated rings. The van der Waals surface area contributed by atoms with Gasteiger partial charge in [-0.05, 0) is 28.8 Å². The van der Waals surface area contributed by atoms with Crippen LogP contribution in [0.5, 0.6) is 0 Å². The molecule has 31 heavy (non-hydrogen) atoms. The highest BCUT2D eigenvalue weighted by Gasteiger charge is 2.27. The van der Waals surface area contributed by atoms with Crippen LogP contribution in [0.2, 0.25) is 0 Å². The molecule has 0 aromatic heterocycles. The largest absolute Gasteiger partial charge is 0.333 e. The molecule has 1 amide bonds. The summed E-state index contributed by atoms with van der Waals surface area (Å²) in [7, 11) is 0. The van der Waals surface area contributed by atoms with Gasteiger partial charge < -0.3 is 4.90 Å². The van der Waals surface area contributed by atoms with Gasteiger partial charge in [0.2, 0.25) is 5.91 Å². The lowest BCUT2D eigenvalue weighted by atomic mass is 10.1. The van der Waals surface area contributed by atoms with Gasteiger partial charge in [0, 0.05) is 18.0 Å². The van der Waals surface area contributed by atoms with Crippen molar-refractivity contribution in [3.05, 3.63) is 138 Å². The van der Waals surface area contributed by atoms with Crippen LogP contribution < -0.4 is 0 Å². The lowest BCUT2D eigenvalue weighted by Crippen LogP contribution is -2.33. The topological polar surface area (TPSA) is 20.3 Å². The van der Waals surface area contributed by atoms with Gasteiger partial charge in [-0.1, -0.05) is 109 Å². The van der Waals surface area contributed by atoms with Crippen LogP contribution >= 0.6 is 11.8 Å². The SMILES string of the molecule is O=C(C(Sc1ccccc1)c1ccccc1)N(Cc1ccccc1)Cc1ccccc1. The molecule has 154 valence electrons.